The van der Waals surface area contributed by atoms with Gasteiger partial charge in [-0.3, -0.25) is 4.79 Å². The molecule has 0 amide bonds. The lowest BCUT2D eigenvalue weighted by Gasteiger charge is -2.07. The molecule has 1 heterocycles. The van der Waals surface area contributed by atoms with Gasteiger partial charge in [0, 0.05) is 12.7 Å². The van der Waals surface area contributed by atoms with Gasteiger partial charge in [-0.2, -0.15) is 5.10 Å². The molecule has 2 rings (SSSR count). The van der Waals surface area contributed by atoms with Crippen molar-refractivity contribution >= 4 is 11.6 Å². The van der Waals surface area contributed by atoms with Crippen LogP contribution in [0.2, 0.25) is 5.02 Å². The minimum atomic E-state index is -0.354. The Bertz CT molecular complexity index is 566. The highest BCUT2D eigenvalue weighted by atomic mass is 35.5. The van der Waals surface area contributed by atoms with Gasteiger partial charge in [0.2, 0.25) is 0 Å². The molecule has 0 N–H and O–H groups in total. The quantitative estimate of drug-likeness (QED) is 0.839. The van der Waals surface area contributed by atoms with Crippen LogP contribution in [-0.2, 0) is 11.5 Å². The van der Waals surface area contributed by atoms with Crippen LogP contribution in [0.25, 0.3) is 11.3 Å². The zero-order valence-corrected chi connectivity index (χ0v) is 10.0. The summed E-state index contributed by atoms with van der Waals surface area (Å²) in [6, 6.07) is 11.1. The first-order valence-electron chi connectivity index (χ1n) is 5.04. The van der Waals surface area contributed by atoms with Crippen LogP contribution in [0.15, 0.2) is 41.2 Å². The monoisotopic (exact) mass is 250 g/mol. The summed E-state index contributed by atoms with van der Waals surface area (Å²) in [7, 11) is 1.50. The fourth-order valence-electron chi connectivity index (χ4n) is 1.47. The molecule has 0 bridgehead atoms. The van der Waals surface area contributed by atoms with E-state index < -0.39 is 0 Å². The zero-order chi connectivity index (χ0) is 12.3. The third kappa shape index (κ3) is 2.54. The van der Waals surface area contributed by atoms with E-state index in [1.165, 1.54) is 11.8 Å². The molecule has 0 unspecified atom stereocenters. The molecular formula is C12H11ClN2O2. The van der Waals surface area contributed by atoms with E-state index in [4.69, 9.17) is 16.3 Å². The second kappa shape index (κ2) is 5.12. The average molecular weight is 251 g/mol. The van der Waals surface area contributed by atoms with E-state index in [1.54, 1.807) is 6.07 Å². The fraction of sp³-hybridized carbons (Fsp3) is 0.167. The van der Waals surface area contributed by atoms with Crippen LogP contribution in [0.5, 0.6) is 0 Å². The van der Waals surface area contributed by atoms with E-state index in [0.717, 1.165) is 5.56 Å². The number of methoxy groups -OCH3 is 1. The first-order chi connectivity index (χ1) is 8.22. The lowest BCUT2D eigenvalue weighted by molar-refractivity contribution is 0.116. The Labute approximate surface area is 103 Å². The van der Waals surface area contributed by atoms with Crippen LogP contribution in [0.4, 0.5) is 0 Å². The highest BCUT2D eigenvalue weighted by Gasteiger charge is 2.07. The summed E-state index contributed by atoms with van der Waals surface area (Å²) in [6.07, 6.45) is 0. The molecule has 0 fully saturated rings. The Hall–Kier alpha value is -1.65. The SMILES string of the molecule is COCn1nc(-c2ccccc2)cc(Cl)c1=O. The van der Waals surface area contributed by atoms with Gasteiger partial charge in [0.1, 0.15) is 11.8 Å². The summed E-state index contributed by atoms with van der Waals surface area (Å²) in [5.41, 5.74) is 1.19. The number of nitrogens with zero attached hydrogens (tertiary/aromatic N) is 2. The number of aromatic nitrogens is 2. The number of benzene rings is 1. The largest absolute Gasteiger partial charge is 0.362 e. The Kier molecular flexibility index (Phi) is 3.56. The molecule has 4 nitrogen and oxygen atoms in total. The number of hydrogen-bond donors (Lipinski definition) is 0. The maximum absolute atomic E-state index is 11.6. The van der Waals surface area contributed by atoms with Crippen LogP contribution >= 0.6 is 11.6 Å². The van der Waals surface area contributed by atoms with E-state index in [9.17, 15) is 4.79 Å². The molecule has 5 heteroatoms. The fourth-order valence-corrected chi connectivity index (χ4v) is 1.67. The third-order valence-corrected chi connectivity index (χ3v) is 2.52. The van der Waals surface area contributed by atoms with Crippen molar-refractivity contribution in [1.82, 2.24) is 9.78 Å². The highest BCUT2D eigenvalue weighted by molar-refractivity contribution is 6.30. The minimum Gasteiger partial charge on any atom is -0.362 e. The van der Waals surface area contributed by atoms with E-state index in [1.807, 2.05) is 30.3 Å². The van der Waals surface area contributed by atoms with Gasteiger partial charge < -0.3 is 4.74 Å². The van der Waals surface area contributed by atoms with Crippen LogP contribution in [0.1, 0.15) is 0 Å². The van der Waals surface area contributed by atoms with Crippen molar-refractivity contribution in [1.29, 1.82) is 0 Å². The predicted molar refractivity (Wildman–Crippen MR) is 66.0 cm³/mol. The van der Waals surface area contributed by atoms with Crippen molar-refractivity contribution < 1.29 is 4.74 Å². The Morgan fingerprint density at radius 3 is 2.71 bits per heavy atom. The maximum atomic E-state index is 11.6. The average Bonchev–Trinajstić information content (AvgIpc) is 2.36. The van der Waals surface area contributed by atoms with Crippen molar-refractivity contribution in [2.45, 2.75) is 6.73 Å². The van der Waals surface area contributed by atoms with Gasteiger partial charge in [0.05, 0.1) is 5.69 Å². The lowest BCUT2D eigenvalue weighted by Crippen LogP contribution is -2.24. The Balaban J connectivity index is 2.53. The Morgan fingerprint density at radius 1 is 1.35 bits per heavy atom. The van der Waals surface area contributed by atoms with Crippen LogP contribution in [0, 0.1) is 0 Å². The molecule has 1 aromatic heterocycles. The van der Waals surface area contributed by atoms with E-state index in [-0.39, 0.29) is 17.3 Å². The van der Waals surface area contributed by atoms with Crippen LogP contribution in [0.3, 0.4) is 0 Å². The summed E-state index contributed by atoms with van der Waals surface area (Å²) in [5.74, 6) is 0. The molecule has 0 aliphatic carbocycles. The summed E-state index contributed by atoms with van der Waals surface area (Å²) in [6.45, 7) is 0.0826. The van der Waals surface area contributed by atoms with Crippen LogP contribution in [-0.4, -0.2) is 16.9 Å². The number of halogens is 1. The first kappa shape index (κ1) is 11.8. The van der Waals surface area contributed by atoms with Crippen molar-refractivity contribution in [2.24, 2.45) is 0 Å². The van der Waals surface area contributed by atoms with Gasteiger partial charge in [0.15, 0.2) is 0 Å². The molecule has 0 radical (unpaired) electrons. The summed E-state index contributed by atoms with van der Waals surface area (Å²) >= 11 is 5.88. The second-order valence-electron chi connectivity index (χ2n) is 3.47. The smallest absolute Gasteiger partial charge is 0.287 e. The molecule has 88 valence electrons. The third-order valence-electron chi connectivity index (χ3n) is 2.25. The van der Waals surface area contributed by atoms with Crippen molar-refractivity contribution in [2.75, 3.05) is 7.11 Å². The van der Waals surface area contributed by atoms with Crippen molar-refractivity contribution in [3.05, 3.63) is 51.8 Å². The van der Waals surface area contributed by atoms with Gasteiger partial charge in [-0.05, 0) is 6.07 Å². The second-order valence-corrected chi connectivity index (χ2v) is 3.87. The first-order valence-corrected chi connectivity index (χ1v) is 5.42. The molecule has 0 atom stereocenters. The zero-order valence-electron chi connectivity index (χ0n) is 9.26. The highest BCUT2D eigenvalue weighted by Crippen LogP contribution is 2.17. The van der Waals surface area contributed by atoms with E-state index in [0.29, 0.717) is 5.69 Å². The molecule has 0 saturated carbocycles. The number of hydrogen-bond acceptors (Lipinski definition) is 3. The molecule has 1 aromatic carbocycles. The van der Waals surface area contributed by atoms with E-state index >= 15 is 0 Å². The Morgan fingerprint density at radius 2 is 2.06 bits per heavy atom. The van der Waals surface area contributed by atoms with Crippen molar-refractivity contribution in [3.8, 4) is 11.3 Å². The number of rotatable bonds is 3. The van der Waals surface area contributed by atoms with Gasteiger partial charge >= 0.3 is 0 Å². The topological polar surface area (TPSA) is 44.1 Å². The van der Waals surface area contributed by atoms with Gasteiger partial charge in [-0.1, -0.05) is 41.9 Å². The molecule has 2 aromatic rings. The van der Waals surface area contributed by atoms with Crippen LogP contribution < -0.4 is 5.56 Å². The molecule has 0 saturated heterocycles. The minimum absolute atomic E-state index is 0.0826. The molecule has 0 spiro atoms. The maximum Gasteiger partial charge on any atom is 0.287 e. The van der Waals surface area contributed by atoms with Gasteiger partial charge in [-0.25, -0.2) is 4.68 Å². The van der Waals surface area contributed by atoms with Crippen molar-refractivity contribution in [3.63, 3.8) is 0 Å². The number of ether oxygens (including phenoxy) is 1. The molecule has 0 aliphatic rings. The van der Waals surface area contributed by atoms with Gasteiger partial charge in [-0.15, -0.1) is 0 Å². The predicted octanol–water partition coefficient (Wildman–Crippen LogP) is 2.17. The molecular weight excluding hydrogens is 240 g/mol. The normalized spacial score (nSPS) is 10.5. The van der Waals surface area contributed by atoms with Gasteiger partial charge in [0.25, 0.3) is 5.56 Å². The summed E-state index contributed by atoms with van der Waals surface area (Å²) < 4.78 is 6.10. The lowest BCUT2D eigenvalue weighted by atomic mass is 10.1. The molecule has 17 heavy (non-hydrogen) atoms. The summed E-state index contributed by atoms with van der Waals surface area (Å²) in [4.78, 5) is 11.6. The standard InChI is InChI=1S/C12H11ClN2O2/c1-17-8-15-12(16)10(13)7-11(14-15)9-5-3-2-4-6-9/h2-7H,8H2,1H3. The molecule has 0 aliphatic heterocycles. The summed E-state index contributed by atoms with van der Waals surface area (Å²) in [5, 5.41) is 4.32. The van der Waals surface area contributed by atoms with E-state index in [2.05, 4.69) is 5.10 Å².